The lowest BCUT2D eigenvalue weighted by molar-refractivity contribution is -0.137. The van der Waals surface area contributed by atoms with E-state index in [2.05, 4.69) is 42.0 Å². The predicted octanol–water partition coefficient (Wildman–Crippen LogP) is 4.20. The standard InChI is InChI=1S/C23H34N2O3/c1-3-4-7-12-25-17-21(20-8-5-6-9-22(20)25)19-10-13-24(14-11-19)23(26)18-28-16-15-27-2/h5-6,8-9,17,19H,3-4,7,10-16,18H2,1-2H3. The first-order valence-electron chi connectivity index (χ1n) is 10.7. The molecule has 2 aromatic rings. The highest BCUT2D eigenvalue weighted by Gasteiger charge is 2.26. The van der Waals surface area contributed by atoms with E-state index in [1.54, 1.807) is 7.11 Å². The van der Waals surface area contributed by atoms with Crippen molar-refractivity contribution in [1.82, 2.24) is 9.47 Å². The Bertz CT molecular complexity index is 747. The van der Waals surface area contributed by atoms with Crippen LogP contribution in [0.2, 0.25) is 0 Å². The second-order valence-electron chi connectivity index (χ2n) is 7.70. The molecule has 1 aliphatic rings. The molecular formula is C23H34N2O3. The molecule has 1 aromatic heterocycles. The molecule has 3 rings (SSSR count). The molecule has 2 heterocycles. The average Bonchev–Trinajstić information content (AvgIpc) is 3.10. The molecule has 1 amide bonds. The monoisotopic (exact) mass is 386 g/mol. The van der Waals surface area contributed by atoms with Crippen LogP contribution in [0.15, 0.2) is 30.5 Å². The van der Waals surface area contributed by atoms with Gasteiger partial charge >= 0.3 is 0 Å². The minimum atomic E-state index is 0.0940. The van der Waals surface area contributed by atoms with Crippen LogP contribution >= 0.6 is 0 Å². The number of para-hydroxylation sites is 1. The average molecular weight is 387 g/mol. The first kappa shape index (κ1) is 20.9. The second-order valence-corrected chi connectivity index (χ2v) is 7.70. The smallest absolute Gasteiger partial charge is 0.248 e. The Kier molecular flexibility index (Phi) is 7.92. The number of amides is 1. The summed E-state index contributed by atoms with van der Waals surface area (Å²) in [5, 5.41) is 1.38. The molecule has 154 valence electrons. The van der Waals surface area contributed by atoms with Gasteiger partial charge in [0, 0.05) is 43.8 Å². The van der Waals surface area contributed by atoms with E-state index in [0.717, 1.165) is 32.5 Å². The molecule has 0 aliphatic carbocycles. The van der Waals surface area contributed by atoms with Crippen LogP contribution in [0.1, 0.15) is 50.5 Å². The molecule has 1 aliphatic heterocycles. The van der Waals surface area contributed by atoms with Crippen LogP contribution in [-0.2, 0) is 20.8 Å². The highest BCUT2D eigenvalue weighted by Crippen LogP contribution is 2.34. The maximum Gasteiger partial charge on any atom is 0.248 e. The maximum absolute atomic E-state index is 12.3. The van der Waals surface area contributed by atoms with Crippen LogP contribution in [0.25, 0.3) is 10.9 Å². The summed E-state index contributed by atoms with van der Waals surface area (Å²) in [4.78, 5) is 14.3. The summed E-state index contributed by atoms with van der Waals surface area (Å²) in [6.07, 6.45) is 8.16. The summed E-state index contributed by atoms with van der Waals surface area (Å²) < 4.78 is 12.8. The number of piperidine rings is 1. The van der Waals surface area contributed by atoms with Gasteiger partial charge in [-0.15, -0.1) is 0 Å². The molecule has 0 bridgehead atoms. The number of hydrogen-bond donors (Lipinski definition) is 0. The van der Waals surface area contributed by atoms with Crippen LogP contribution in [0.3, 0.4) is 0 Å². The van der Waals surface area contributed by atoms with Gasteiger partial charge in [-0.1, -0.05) is 38.0 Å². The zero-order valence-electron chi connectivity index (χ0n) is 17.4. The van der Waals surface area contributed by atoms with Gasteiger partial charge in [0.1, 0.15) is 6.61 Å². The number of ether oxygens (including phenoxy) is 2. The first-order chi connectivity index (χ1) is 13.7. The lowest BCUT2D eigenvalue weighted by Crippen LogP contribution is -2.40. The molecule has 0 unspecified atom stereocenters. The molecular weight excluding hydrogens is 352 g/mol. The van der Waals surface area contributed by atoms with Crippen molar-refractivity contribution in [2.24, 2.45) is 0 Å². The molecule has 0 atom stereocenters. The summed E-state index contributed by atoms with van der Waals surface area (Å²) in [6, 6.07) is 8.76. The van der Waals surface area contributed by atoms with Gasteiger partial charge in [0.05, 0.1) is 13.2 Å². The third-order valence-electron chi connectivity index (χ3n) is 5.77. The predicted molar refractivity (Wildman–Crippen MR) is 113 cm³/mol. The van der Waals surface area contributed by atoms with Gasteiger partial charge < -0.3 is 18.9 Å². The van der Waals surface area contributed by atoms with Crippen molar-refractivity contribution < 1.29 is 14.3 Å². The number of aromatic nitrogens is 1. The Labute approximate surface area is 168 Å². The lowest BCUT2D eigenvalue weighted by Gasteiger charge is -2.32. The van der Waals surface area contributed by atoms with Crippen molar-refractivity contribution in [3.05, 3.63) is 36.0 Å². The van der Waals surface area contributed by atoms with Gasteiger partial charge in [-0.2, -0.15) is 0 Å². The molecule has 1 saturated heterocycles. The Balaban J connectivity index is 1.61. The van der Waals surface area contributed by atoms with Gasteiger partial charge in [0.25, 0.3) is 0 Å². The highest BCUT2D eigenvalue weighted by molar-refractivity contribution is 5.84. The van der Waals surface area contributed by atoms with Gasteiger partial charge in [-0.25, -0.2) is 0 Å². The number of methoxy groups -OCH3 is 1. The summed E-state index contributed by atoms with van der Waals surface area (Å²) in [7, 11) is 1.64. The summed E-state index contributed by atoms with van der Waals surface area (Å²) in [5.74, 6) is 0.618. The van der Waals surface area contributed by atoms with Crippen LogP contribution in [0.4, 0.5) is 0 Å². The lowest BCUT2D eigenvalue weighted by atomic mass is 9.89. The van der Waals surface area contributed by atoms with Crippen molar-refractivity contribution in [3.8, 4) is 0 Å². The Morgan fingerprint density at radius 1 is 1.14 bits per heavy atom. The zero-order chi connectivity index (χ0) is 19.8. The van der Waals surface area contributed by atoms with E-state index >= 15 is 0 Å². The van der Waals surface area contributed by atoms with E-state index < -0.39 is 0 Å². The molecule has 0 saturated carbocycles. The highest BCUT2D eigenvalue weighted by atomic mass is 16.5. The fraction of sp³-hybridized carbons (Fsp3) is 0.609. The number of benzene rings is 1. The number of hydrogen-bond acceptors (Lipinski definition) is 3. The Hall–Kier alpha value is -1.85. The maximum atomic E-state index is 12.3. The van der Waals surface area contributed by atoms with Crippen LogP contribution in [0, 0.1) is 0 Å². The van der Waals surface area contributed by atoms with E-state index in [4.69, 9.17) is 9.47 Å². The number of fused-ring (bicyclic) bond motifs is 1. The number of unbranched alkanes of at least 4 members (excludes halogenated alkanes) is 2. The Morgan fingerprint density at radius 3 is 2.68 bits per heavy atom. The summed E-state index contributed by atoms with van der Waals surface area (Å²) in [5.41, 5.74) is 2.80. The van der Waals surface area contributed by atoms with Crippen LogP contribution < -0.4 is 0 Å². The topological polar surface area (TPSA) is 43.7 Å². The summed E-state index contributed by atoms with van der Waals surface area (Å²) in [6.45, 7) is 6.11. The van der Waals surface area contributed by atoms with E-state index in [0.29, 0.717) is 19.1 Å². The van der Waals surface area contributed by atoms with Crippen LogP contribution in [0.5, 0.6) is 0 Å². The SMILES string of the molecule is CCCCCn1cc(C2CCN(C(=O)COCCOC)CC2)c2ccccc21. The quantitative estimate of drug-likeness (QED) is 0.575. The fourth-order valence-corrected chi connectivity index (χ4v) is 4.15. The first-order valence-corrected chi connectivity index (χ1v) is 10.7. The fourth-order valence-electron chi connectivity index (χ4n) is 4.15. The third kappa shape index (κ3) is 5.15. The van der Waals surface area contributed by atoms with Gasteiger partial charge in [0.15, 0.2) is 0 Å². The van der Waals surface area contributed by atoms with Gasteiger partial charge in [-0.3, -0.25) is 4.79 Å². The molecule has 0 radical (unpaired) electrons. The third-order valence-corrected chi connectivity index (χ3v) is 5.77. The molecule has 5 heteroatoms. The number of rotatable bonds is 10. The van der Waals surface area contributed by atoms with Gasteiger partial charge in [0.2, 0.25) is 5.91 Å². The number of likely N-dealkylation sites (tertiary alicyclic amines) is 1. The zero-order valence-corrected chi connectivity index (χ0v) is 17.4. The van der Waals surface area contributed by atoms with E-state index in [9.17, 15) is 4.79 Å². The Morgan fingerprint density at radius 2 is 1.93 bits per heavy atom. The summed E-state index contributed by atoms with van der Waals surface area (Å²) >= 11 is 0. The number of nitrogens with zero attached hydrogens (tertiary/aromatic N) is 2. The van der Waals surface area contributed by atoms with Crippen LogP contribution in [-0.4, -0.2) is 55.4 Å². The van der Waals surface area contributed by atoms with Crippen molar-refractivity contribution in [2.45, 2.75) is 51.5 Å². The van der Waals surface area contributed by atoms with Crippen molar-refractivity contribution in [1.29, 1.82) is 0 Å². The molecule has 0 spiro atoms. The molecule has 0 N–H and O–H groups in total. The normalized spacial score (nSPS) is 15.4. The van der Waals surface area contributed by atoms with E-state index in [1.807, 2.05) is 4.90 Å². The number of carbonyl (C=O) groups is 1. The van der Waals surface area contributed by atoms with E-state index in [1.165, 1.54) is 35.7 Å². The van der Waals surface area contributed by atoms with Crippen molar-refractivity contribution in [2.75, 3.05) is 40.0 Å². The molecule has 1 fully saturated rings. The van der Waals surface area contributed by atoms with E-state index in [-0.39, 0.29) is 12.5 Å². The molecule has 1 aromatic carbocycles. The number of aryl methyl sites for hydroxylation is 1. The largest absolute Gasteiger partial charge is 0.382 e. The van der Waals surface area contributed by atoms with Crippen molar-refractivity contribution in [3.63, 3.8) is 0 Å². The number of carbonyl (C=O) groups excluding carboxylic acids is 1. The minimum Gasteiger partial charge on any atom is -0.382 e. The molecule has 5 nitrogen and oxygen atoms in total. The van der Waals surface area contributed by atoms with Crippen molar-refractivity contribution >= 4 is 16.8 Å². The van der Waals surface area contributed by atoms with Gasteiger partial charge in [-0.05, 0) is 36.8 Å². The minimum absolute atomic E-state index is 0.0940. The second kappa shape index (κ2) is 10.6. The molecule has 28 heavy (non-hydrogen) atoms.